The van der Waals surface area contributed by atoms with Crippen molar-refractivity contribution in [1.29, 1.82) is 0 Å². The first-order valence-corrected chi connectivity index (χ1v) is 12.8. The van der Waals surface area contributed by atoms with E-state index in [0.717, 1.165) is 35.7 Å². The minimum Gasteiger partial charge on any atom is -0.484 e. The Hall–Kier alpha value is -4.37. The van der Waals surface area contributed by atoms with Gasteiger partial charge in [-0.2, -0.15) is 14.8 Å². The zero-order valence-electron chi connectivity index (χ0n) is 22.8. The molecule has 0 bridgehead atoms. The predicted molar refractivity (Wildman–Crippen MR) is 150 cm³/mol. The van der Waals surface area contributed by atoms with Crippen LogP contribution in [0.4, 0.5) is 16.3 Å². The molecule has 0 spiro atoms. The Morgan fingerprint density at radius 2 is 1.90 bits per heavy atom. The van der Waals surface area contributed by atoms with Gasteiger partial charge in [0.15, 0.2) is 0 Å². The van der Waals surface area contributed by atoms with E-state index >= 15 is 0 Å². The van der Waals surface area contributed by atoms with Gasteiger partial charge in [0.05, 0.1) is 13.3 Å². The maximum atomic E-state index is 12.4. The first-order chi connectivity index (χ1) is 18.7. The number of nitrogens with one attached hydrogen (secondary N) is 1. The van der Waals surface area contributed by atoms with Gasteiger partial charge in [0, 0.05) is 47.7 Å². The van der Waals surface area contributed by atoms with Crippen molar-refractivity contribution < 1.29 is 19.0 Å². The second-order valence-electron chi connectivity index (χ2n) is 10.6. The number of ether oxygens (including phenoxy) is 3. The summed E-state index contributed by atoms with van der Waals surface area (Å²) in [6.45, 7) is 7.03. The largest absolute Gasteiger partial charge is 0.484 e. The molecule has 202 valence electrons. The Bertz CT molecular complexity index is 1460. The summed E-state index contributed by atoms with van der Waals surface area (Å²) in [4.78, 5) is 19.3. The molecular weight excluding hydrogens is 494 g/mol. The second kappa shape index (κ2) is 10.8. The molecule has 1 aliphatic heterocycles. The van der Waals surface area contributed by atoms with Gasteiger partial charge in [0.2, 0.25) is 5.88 Å². The van der Waals surface area contributed by atoms with Crippen molar-refractivity contribution in [3.05, 3.63) is 84.2 Å². The SMILES string of the molecule is COc1nc(Nc2ccc3c(c2)O[C@H](c2ccccc2)CN(C)C3)ccc1-c1cnn(C(=O)OC(C)(C)C)c1. The molecule has 0 radical (unpaired) electrons. The number of nitrogens with zero attached hydrogens (tertiary/aromatic N) is 4. The number of carbonyl (C=O) groups excluding carboxylic acids is 1. The highest BCUT2D eigenvalue weighted by Crippen LogP contribution is 2.35. The van der Waals surface area contributed by atoms with E-state index < -0.39 is 11.7 Å². The van der Waals surface area contributed by atoms with Gasteiger partial charge < -0.3 is 19.5 Å². The van der Waals surface area contributed by atoms with Gasteiger partial charge in [-0.3, -0.25) is 4.90 Å². The number of fused-ring (bicyclic) bond motifs is 1. The molecule has 0 aliphatic carbocycles. The smallest absolute Gasteiger partial charge is 0.435 e. The predicted octanol–water partition coefficient (Wildman–Crippen LogP) is 6.05. The van der Waals surface area contributed by atoms with E-state index in [0.29, 0.717) is 22.8 Å². The minimum absolute atomic E-state index is 0.0631. The molecule has 0 fully saturated rings. The van der Waals surface area contributed by atoms with Gasteiger partial charge >= 0.3 is 6.09 Å². The van der Waals surface area contributed by atoms with Crippen LogP contribution >= 0.6 is 0 Å². The average molecular weight is 528 g/mol. The fourth-order valence-corrected chi connectivity index (χ4v) is 4.45. The lowest BCUT2D eigenvalue weighted by atomic mass is 10.1. The van der Waals surface area contributed by atoms with E-state index in [1.54, 1.807) is 19.5 Å². The lowest BCUT2D eigenvalue weighted by Gasteiger charge is -2.20. The summed E-state index contributed by atoms with van der Waals surface area (Å²) in [6.07, 6.45) is 2.57. The van der Waals surface area contributed by atoms with Crippen molar-refractivity contribution in [1.82, 2.24) is 19.7 Å². The number of carbonyl (C=O) groups is 1. The van der Waals surface area contributed by atoms with E-state index in [-0.39, 0.29) is 6.10 Å². The molecule has 2 aromatic carbocycles. The molecule has 1 aliphatic rings. The number of hydrogen-bond donors (Lipinski definition) is 1. The lowest BCUT2D eigenvalue weighted by molar-refractivity contribution is 0.0514. The van der Waals surface area contributed by atoms with Crippen molar-refractivity contribution in [2.24, 2.45) is 0 Å². The Morgan fingerprint density at radius 1 is 1.10 bits per heavy atom. The fourth-order valence-electron chi connectivity index (χ4n) is 4.45. The van der Waals surface area contributed by atoms with E-state index in [1.807, 2.05) is 63.2 Å². The van der Waals surface area contributed by atoms with Crippen molar-refractivity contribution in [2.75, 3.05) is 26.0 Å². The van der Waals surface area contributed by atoms with Crippen molar-refractivity contribution in [2.45, 2.75) is 39.0 Å². The van der Waals surface area contributed by atoms with Crippen LogP contribution in [-0.2, 0) is 11.3 Å². The van der Waals surface area contributed by atoms with Crippen LogP contribution in [0.5, 0.6) is 11.6 Å². The number of methoxy groups -OCH3 is 1. The fraction of sp³-hybridized carbons (Fsp3) is 0.300. The van der Waals surface area contributed by atoms with E-state index in [1.165, 1.54) is 4.68 Å². The highest BCUT2D eigenvalue weighted by Gasteiger charge is 2.23. The molecular formula is C30H33N5O4. The van der Waals surface area contributed by atoms with Gasteiger partial charge in [-0.15, -0.1) is 0 Å². The van der Waals surface area contributed by atoms with Crippen LogP contribution in [0.25, 0.3) is 11.1 Å². The van der Waals surface area contributed by atoms with Crippen LogP contribution < -0.4 is 14.8 Å². The molecule has 9 nitrogen and oxygen atoms in total. The number of rotatable bonds is 5. The second-order valence-corrected chi connectivity index (χ2v) is 10.6. The summed E-state index contributed by atoms with van der Waals surface area (Å²) in [5.74, 6) is 1.86. The van der Waals surface area contributed by atoms with Crippen molar-refractivity contribution in [3.63, 3.8) is 0 Å². The monoisotopic (exact) mass is 527 g/mol. The summed E-state index contributed by atoms with van der Waals surface area (Å²) in [5, 5.41) is 7.51. The van der Waals surface area contributed by atoms with Crippen molar-refractivity contribution >= 4 is 17.6 Å². The number of likely N-dealkylation sites (N-methyl/N-ethyl adjacent to an activating group) is 1. The molecule has 39 heavy (non-hydrogen) atoms. The van der Waals surface area contributed by atoms with Crippen LogP contribution in [0.15, 0.2) is 73.1 Å². The molecule has 1 N–H and O–H groups in total. The summed E-state index contributed by atoms with van der Waals surface area (Å²) < 4.78 is 18.6. The summed E-state index contributed by atoms with van der Waals surface area (Å²) in [6, 6.07) is 20.1. The standard InChI is InChI=1S/C30H33N5O4/c1-30(2,3)39-29(36)35-18-22(16-31-35)24-13-14-27(33-28(24)37-5)32-23-12-11-21-17-34(4)19-26(38-25(21)15-23)20-9-7-6-8-10-20/h6-16,18,26H,17,19H2,1-5H3,(H,32,33)/t26-/m0/s1. The Labute approximate surface area is 228 Å². The maximum absolute atomic E-state index is 12.4. The molecule has 0 saturated heterocycles. The number of pyridine rings is 1. The van der Waals surface area contributed by atoms with E-state index in [4.69, 9.17) is 14.2 Å². The summed E-state index contributed by atoms with van der Waals surface area (Å²) in [5.41, 5.74) is 3.90. The van der Waals surface area contributed by atoms with E-state index in [2.05, 4.69) is 45.5 Å². The zero-order chi connectivity index (χ0) is 27.6. The van der Waals surface area contributed by atoms with E-state index in [9.17, 15) is 4.79 Å². The quantitative estimate of drug-likeness (QED) is 0.336. The number of hydrogen-bond acceptors (Lipinski definition) is 8. The van der Waals surface area contributed by atoms with Gasteiger partial charge in [-0.1, -0.05) is 36.4 Å². The maximum Gasteiger partial charge on any atom is 0.435 e. The van der Waals surface area contributed by atoms with Crippen LogP contribution in [0.3, 0.4) is 0 Å². The highest BCUT2D eigenvalue weighted by atomic mass is 16.6. The summed E-state index contributed by atoms with van der Waals surface area (Å²) >= 11 is 0. The first kappa shape index (κ1) is 26.2. The van der Waals surface area contributed by atoms with Gasteiger partial charge in [0.1, 0.15) is 23.3 Å². The molecule has 9 heteroatoms. The number of aromatic nitrogens is 3. The zero-order valence-corrected chi connectivity index (χ0v) is 22.8. The summed E-state index contributed by atoms with van der Waals surface area (Å²) in [7, 11) is 3.67. The number of anilines is 2. The molecule has 0 amide bonds. The van der Waals surface area contributed by atoms with Gasteiger partial charge in [-0.05, 0) is 51.6 Å². The van der Waals surface area contributed by atoms with Crippen LogP contribution in [0, 0.1) is 0 Å². The molecule has 2 aromatic heterocycles. The van der Waals surface area contributed by atoms with Gasteiger partial charge in [-0.25, -0.2) is 4.79 Å². The van der Waals surface area contributed by atoms with Gasteiger partial charge in [0.25, 0.3) is 0 Å². The molecule has 1 atom stereocenters. The topological polar surface area (TPSA) is 90.7 Å². The van der Waals surface area contributed by atoms with Crippen LogP contribution in [0.1, 0.15) is 38.0 Å². The third-order valence-corrected chi connectivity index (χ3v) is 6.23. The molecule has 3 heterocycles. The Kier molecular flexibility index (Phi) is 7.26. The van der Waals surface area contributed by atoms with Crippen molar-refractivity contribution in [3.8, 4) is 22.8 Å². The lowest BCUT2D eigenvalue weighted by Crippen LogP contribution is -2.27. The highest BCUT2D eigenvalue weighted by molar-refractivity contribution is 5.75. The van der Waals surface area contributed by atoms with Crippen LogP contribution in [-0.4, -0.2) is 52.1 Å². The molecule has 0 unspecified atom stereocenters. The normalized spacial score (nSPS) is 15.6. The molecule has 0 saturated carbocycles. The average Bonchev–Trinajstić information content (AvgIpc) is 3.33. The minimum atomic E-state index is -0.616. The molecule has 5 rings (SSSR count). The Morgan fingerprint density at radius 3 is 2.64 bits per heavy atom. The Balaban J connectivity index is 1.36. The third-order valence-electron chi connectivity index (χ3n) is 6.23. The number of benzene rings is 2. The molecule has 4 aromatic rings. The van der Waals surface area contributed by atoms with Crippen LogP contribution in [0.2, 0.25) is 0 Å². The first-order valence-electron chi connectivity index (χ1n) is 12.8. The third kappa shape index (κ3) is 6.21.